The molecule has 0 spiro atoms. The summed E-state index contributed by atoms with van der Waals surface area (Å²) in [7, 11) is 1.24. The molecule has 0 saturated heterocycles. The lowest BCUT2D eigenvalue weighted by Crippen LogP contribution is -2.47. The van der Waals surface area contributed by atoms with Crippen LogP contribution in [0.1, 0.15) is 18.9 Å². The van der Waals surface area contributed by atoms with Gasteiger partial charge in [-0.2, -0.15) is 5.26 Å². The topological polar surface area (TPSA) is 88.4 Å². The van der Waals surface area contributed by atoms with Gasteiger partial charge in [-0.3, -0.25) is 4.79 Å². The SMILES string of the molecule is COC(=O)[C@@H](NC(=O)COCc1ccccc1)[C@@H](C)CC#N. The number of ether oxygens (including phenoxy) is 2. The lowest BCUT2D eigenvalue weighted by atomic mass is 9.99. The first-order chi connectivity index (χ1) is 10.6. The Balaban J connectivity index is 2.46. The van der Waals surface area contributed by atoms with Gasteiger partial charge in [-0.1, -0.05) is 37.3 Å². The van der Waals surface area contributed by atoms with Crippen molar-refractivity contribution in [2.75, 3.05) is 13.7 Å². The van der Waals surface area contributed by atoms with Crippen molar-refractivity contribution in [2.45, 2.75) is 26.0 Å². The van der Waals surface area contributed by atoms with Crippen molar-refractivity contribution in [1.29, 1.82) is 5.26 Å². The number of nitriles is 1. The van der Waals surface area contributed by atoms with Crippen LogP contribution in [0.5, 0.6) is 0 Å². The quantitative estimate of drug-likeness (QED) is 0.734. The molecule has 6 nitrogen and oxygen atoms in total. The fourth-order valence-electron chi connectivity index (χ4n) is 1.87. The van der Waals surface area contributed by atoms with Crippen molar-refractivity contribution >= 4 is 11.9 Å². The van der Waals surface area contributed by atoms with Crippen molar-refractivity contribution in [3.05, 3.63) is 35.9 Å². The number of nitrogens with one attached hydrogen (secondary N) is 1. The number of carbonyl (C=O) groups is 2. The second-order valence-electron chi connectivity index (χ2n) is 4.89. The van der Waals surface area contributed by atoms with E-state index in [0.717, 1.165) is 5.56 Å². The molecule has 1 aromatic carbocycles. The minimum atomic E-state index is -0.850. The molecule has 2 atom stereocenters. The summed E-state index contributed by atoms with van der Waals surface area (Å²) in [4.78, 5) is 23.5. The number of rotatable bonds is 8. The first-order valence-electron chi connectivity index (χ1n) is 6.94. The van der Waals surface area contributed by atoms with Crippen LogP contribution >= 0.6 is 0 Å². The minimum Gasteiger partial charge on any atom is -0.467 e. The highest BCUT2D eigenvalue weighted by molar-refractivity contribution is 5.85. The summed E-state index contributed by atoms with van der Waals surface area (Å²) in [6.45, 7) is 1.85. The van der Waals surface area contributed by atoms with Crippen LogP contribution in [-0.4, -0.2) is 31.6 Å². The fraction of sp³-hybridized carbons (Fsp3) is 0.438. The average Bonchev–Trinajstić information content (AvgIpc) is 2.53. The Labute approximate surface area is 130 Å². The standard InChI is InChI=1S/C16H20N2O4/c1-12(8-9-17)15(16(20)21-2)18-14(19)11-22-10-13-6-4-3-5-7-13/h3-7,12,15H,8,10-11H2,1-2H3,(H,18,19)/t12-,15-/m0/s1. The molecule has 6 heteroatoms. The minimum absolute atomic E-state index is 0.144. The van der Waals surface area contributed by atoms with Gasteiger partial charge in [-0.05, 0) is 5.56 Å². The number of hydrogen-bond donors (Lipinski definition) is 1. The summed E-state index contributed by atoms with van der Waals surface area (Å²) in [5.74, 6) is -1.33. The summed E-state index contributed by atoms with van der Waals surface area (Å²) in [6, 6.07) is 10.6. The van der Waals surface area contributed by atoms with Crippen LogP contribution in [0.3, 0.4) is 0 Å². The molecule has 1 aromatic rings. The van der Waals surface area contributed by atoms with E-state index in [9.17, 15) is 9.59 Å². The number of nitrogens with zero attached hydrogens (tertiary/aromatic N) is 1. The van der Waals surface area contributed by atoms with Crippen LogP contribution in [0, 0.1) is 17.2 Å². The molecule has 0 heterocycles. The number of methoxy groups -OCH3 is 1. The Hall–Kier alpha value is -2.39. The van der Waals surface area contributed by atoms with Crippen molar-refractivity contribution < 1.29 is 19.1 Å². The highest BCUT2D eigenvalue weighted by Crippen LogP contribution is 2.09. The Morgan fingerprint density at radius 3 is 2.59 bits per heavy atom. The van der Waals surface area contributed by atoms with Crippen LogP contribution in [-0.2, 0) is 25.7 Å². The van der Waals surface area contributed by atoms with E-state index in [1.54, 1.807) is 6.92 Å². The van der Waals surface area contributed by atoms with Crippen molar-refractivity contribution in [1.82, 2.24) is 5.32 Å². The van der Waals surface area contributed by atoms with Gasteiger partial charge in [0.15, 0.2) is 0 Å². The highest BCUT2D eigenvalue weighted by atomic mass is 16.5. The third-order valence-corrected chi connectivity index (χ3v) is 3.10. The molecular weight excluding hydrogens is 284 g/mol. The smallest absolute Gasteiger partial charge is 0.328 e. The zero-order valence-corrected chi connectivity index (χ0v) is 12.7. The molecule has 22 heavy (non-hydrogen) atoms. The van der Waals surface area contributed by atoms with Gasteiger partial charge >= 0.3 is 5.97 Å². The second kappa shape index (κ2) is 9.53. The molecule has 0 fully saturated rings. The summed E-state index contributed by atoms with van der Waals surface area (Å²) < 4.78 is 9.96. The molecule has 0 radical (unpaired) electrons. The second-order valence-corrected chi connectivity index (χ2v) is 4.89. The van der Waals surface area contributed by atoms with E-state index in [2.05, 4.69) is 10.1 Å². The third kappa shape index (κ3) is 5.94. The number of esters is 1. The lowest BCUT2D eigenvalue weighted by molar-refractivity contribution is -0.147. The van der Waals surface area contributed by atoms with E-state index in [1.165, 1.54) is 7.11 Å². The van der Waals surface area contributed by atoms with Gasteiger partial charge < -0.3 is 14.8 Å². The van der Waals surface area contributed by atoms with Crippen LogP contribution in [0.4, 0.5) is 0 Å². The highest BCUT2D eigenvalue weighted by Gasteiger charge is 2.27. The number of carbonyl (C=O) groups excluding carboxylic acids is 2. The molecule has 0 bridgehead atoms. The van der Waals surface area contributed by atoms with E-state index in [-0.39, 0.29) is 18.9 Å². The molecule has 0 unspecified atom stereocenters. The monoisotopic (exact) mass is 304 g/mol. The van der Waals surface area contributed by atoms with Crippen molar-refractivity contribution in [3.63, 3.8) is 0 Å². The van der Waals surface area contributed by atoms with Crippen LogP contribution in [0.2, 0.25) is 0 Å². The van der Waals surface area contributed by atoms with E-state index in [4.69, 9.17) is 10.00 Å². The summed E-state index contributed by atoms with van der Waals surface area (Å²) in [5.41, 5.74) is 0.956. The largest absolute Gasteiger partial charge is 0.467 e. The predicted octanol–water partition coefficient (Wildman–Crippen LogP) is 1.41. The molecule has 1 amide bonds. The Morgan fingerprint density at radius 1 is 1.32 bits per heavy atom. The Bertz CT molecular complexity index is 525. The molecule has 0 saturated carbocycles. The zero-order valence-electron chi connectivity index (χ0n) is 12.7. The van der Waals surface area contributed by atoms with Gasteiger partial charge in [-0.15, -0.1) is 0 Å². The molecule has 0 aromatic heterocycles. The van der Waals surface area contributed by atoms with Gasteiger partial charge in [-0.25, -0.2) is 4.79 Å². The van der Waals surface area contributed by atoms with E-state index in [0.29, 0.717) is 6.61 Å². The molecule has 118 valence electrons. The Kier molecular flexibility index (Phi) is 7.65. The van der Waals surface area contributed by atoms with Gasteiger partial charge in [0.2, 0.25) is 5.91 Å². The first kappa shape index (κ1) is 17.7. The van der Waals surface area contributed by atoms with E-state index >= 15 is 0 Å². The van der Waals surface area contributed by atoms with Crippen molar-refractivity contribution in [3.8, 4) is 6.07 Å². The maximum atomic E-state index is 11.8. The Morgan fingerprint density at radius 2 is 2.00 bits per heavy atom. The van der Waals surface area contributed by atoms with Gasteiger partial charge in [0.05, 0.1) is 19.8 Å². The fourth-order valence-corrected chi connectivity index (χ4v) is 1.87. The first-order valence-corrected chi connectivity index (χ1v) is 6.94. The molecule has 1 rings (SSSR count). The maximum Gasteiger partial charge on any atom is 0.328 e. The number of benzene rings is 1. The number of hydrogen-bond acceptors (Lipinski definition) is 5. The molecular formula is C16H20N2O4. The predicted molar refractivity (Wildman–Crippen MR) is 79.4 cm³/mol. The summed E-state index contributed by atoms with van der Waals surface area (Å²) in [6.07, 6.45) is 0.144. The molecule has 0 aliphatic heterocycles. The average molecular weight is 304 g/mol. The summed E-state index contributed by atoms with van der Waals surface area (Å²) in [5, 5.41) is 11.3. The van der Waals surface area contributed by atoms with Gasteiger partial charge in [0.25, 0.3) is 0 Å². The number of amides is 1. The zero-order chi connectivity index (χ0) is 16.4. The van der Waals surface area contributed by atoms with E-state index in [1.807, 2.05) is 36.4 Å². The van der Waals surface area contributed by atoms with Gasteiger partial charge in [0, 0.05) is 12.3 Å². The normalized spacial score (nSPS) is 12.8. The molecule has 0 aliphatic rings. The van der Waals surface area contributed by atoms with Crippen molar-refractivity contribution in [2.24, 2.45) is 5.92 Å². The lowest BCUT2D eigenvalue weighted by Gasteiger charge is -2.21. The third-order valence-electron chi connectivity index (χ3n) is 3.10. The van der Waals surface area contributed by atoms with Crippen LogP contribution < -0.4 is 5.32 Å². The van der Waals surface area contributed by atoms with E-state index < -0.39 is 17.9 Å². The maximum absolute atomic E-state index is 11.8. The van der Waals surface area contributed by atoms with Crippen LogP contribution in [0.15, 0.2) is 30.3 Å². The molecule has 1 N–H and O–H groups in total. The van der Waals surface area contributed by atoms with Crippen LogP contribution in [0.25, 0.3) is 0 Å². The summed E-state index contributed by atoms with van der Waals surface area (Å²) >= 11 is 0. The molecule has 0 aliphatic carbocycles. The van der Waals surface area contributed by atoms with Gasteiger partial charge in [0.1, 0.15) is 12.6 Å².